The van der Waals surface area contributed by atoms with E-state index in [1.54, 1.807) is 6.07 Å². The molecule has 2 N–H and O–H groups in total. The number of guanidine groups is 1. The van der Waals surface area contributed by atoms with Crippen LogP contribution < -0.4 is 20.1 Å². The van der Waals surface area contributed by atoms with Crippen LogP contribution >= 0.6 is 15.9 Å². The Labute approximate surface area is 131 Å². The molecular weight excluding hydrogens is 338 g/mol. The van der Waals surface area contributed by atoms with Crippen molar-refractivity contribution in [1.82, 2.24) is 10.6 Å². The summed E-state index contributed by atoms with van der Waals surface area (Å²) in [5.74, 6) is 1.62. The number of halogens is 1. The second kappa shape index (κ2) is 4.91. The van der Waals surface area contributed by atoms with Crippen molar-refractivity contribution in [3.63, 3.8) is 0 Å². The van der Waals surface area contributed by atoms with Crippen molar-refractivity contribution < 1.29 is 14.3 Å². The standard InChI is InChI=1S/C14H16BrN3O3/c1-14(2,3)18-13-16-10(12(19)17-13)7-4-8(15)11-9(5-7)20-6-21-11/h4-5,10H,6H2,1-3H3,(H2,16,17,18,19). The number of aliphatic imine (C=N–C) groups is 1. The average Bonchev–Trinajstić information content (AvgIpc) is 2.93. The van der Waals surface area contributed by atoms with Gasteiger partial charge < -0.3 is 14.8 Å². The smallest absolute Gasteiger partial charge is 0.256 e. The number of rotatable bonds is 1. The number of hydrogen-bond acceptors (Lipinski definition) is 5. The van der Waals surface area contributed by atoms with Crippen molar-refractivity contribution in [2.24, 2.45) is 4.99 Å². The van der Waals surface area contributed by atoms with Gasteiger partial charge in [-0.05, 0) is 54.4 Å². The maximum atomic E-state index is 12.1. The Morgan fingerprint density at radius 3 is 2.86 bits per heavy atom. The molecular formula is C14H16BrN3O3. The third-order valence-corrected chi connectivity index (χ3v) is 3.60. The highest BCUT2D eigenvalue weighted by molar-refractivity contribution is 9.10. The van der Waals surface area contributed by atoms with Gasteiger partial charge in [0.15, 0.2) is 23.5 Å². The molecule has 2 aliphatic heterocycles. The third-order valence-electron chi connectivity index (χ3n) is 3.01. The van der Waals surface area contributed by atoms with Crippen molar-refractivity contribution in [2.45, 2.75) is 32.4 Å². The first-order chi connectivity index (χ1) is 9.83. The Kier molecular flexibility index (Phi) is 3.32. The van der Waals surface area contributed by atoms with E-state index in [-0.39, 0.29) is 18.2 Å². The van der Waals surface area contributed by atoms with Crippen LogP contribution in [0.3, 0.4) is 0 Å². The molecule has 6 nitrogen and oxygen atoms in total. The topological polar surface area (TPSA) is 72.0 Å². The normalized spacial score (nSPS) is 20.3. The van der Waals surface area contributed by atoms with Gasteiger partial charge in [0.25, 0.3) is 5.91 Å². The molecule has 1 amide bonds. The molecule has 1 aromatic carbocycles. The number of nitrogens with zero attached hydrogens (tertiary/aromatic N) is 1. The zero-order valence-corrected chi connectivity index (χ0v) is 13.6. The number of nitrogens with one attached hydrogen (secondary N) is 2. The van der Waals surface area contributed by atoms with Gasteiger partial charge in [-0.25, -0.2) is 4.99 Å². The monoisotopic (exact) mass is 353 g/mol. The van der Waals surface area contributed by atoms with E-state index in [1.165, 1.54) is 0 Å². The molecule has 2 aliphatic rings. The summed E-state index contributed by atoms with van der Waals surface area (Å²) in [5, 5.41) is 5.92. The minimum atomic E-state index is -0.583. The molecule has 1 unspecified atom stereocenters. The van der Waals surface area contributed by atoms with Gasteiger partial charge in [-0.1, -0.05) is 0 Å². The van der Waals surface area contributed by atoms with Gasteiger partial charge in [0.1, 0.15) is 0 Å². The predicted molar refractivity (Wildman–Crippen MR) is 81.5 cm³/mol. The SMILES string of the molecule is CC(C)(C)NC1=NC(c2cc(Br)c3c(c2)OCO3)C(=O)N1. The molecule has 0 saturated carbocycles. The number of fused-ring (bicyclic) bond motifs is 1. The summed E-state index contributed by atoms with van der Waals surface area (Å²) in [6.07, 6.45) is 0. The zero-order chi connectivity index (χ0) is 15.2. The van der Waals surface area contributed by atoms with E-state index in [0.29, 0.717) is 17.5 Å². The van der Waals surface area contributed by atoms with E-state index in [0.717, 1.165) is 10.0 Å². The lowest BCUT2D eigenvalue weighted by Crippen LogP contribution is -2.46. The van der Waals surface area contributed by atoms with Gasteiger partial charge in [-0.15, -0.1) is 0 Å². The highest BCUT2D eigenvalue weighted by Crippen LogP contribution is 2.42. The van der Waals surface area contributed by atoms with Gasteiger partial charge in [0.05, 0.1) is 4.47 Å². The van der Waals surface area contributed by atoms with Crippen LogP contribution in [0.2, 0.25) is 0 Å². The number of benzene rings is 1. The lowest BCUT2D eigenvalue weighted by atomic mass is 10.1. The van der Waals surface area contributed by atoms with E-state index in [9.17, 15) is 4.79 Å². The molecule has 3 rings (SSSR count). The summed E-state index contributed by atoms with van der Waals surface area (Å²) in [6.45, 7) is 6.21. The fraction of sp³-hybridized carbons (Fsp3) is 0.429. The number of ether oxygens (including phenoxy) is 2. The Balaban J connectivity index is 1.90. The molecule has 112 valence electrons. The molecule has 2 heterocycles. The lowest BCUT2D eigenvalue weighted by Gasteiger charge is -2.21. The van der Waals surface area contributed by atoms with Gasteiger partial charge >= 0.3 is 0 Å². The minimum Gasteiger partial charge on any atom is -0.454 e. The summed E-state index contributed by atoms with van der Waals surface area (Å²) in [7, 11) is 0. The summed E-state index contributed by atoms with van der Waals surface area (Å²) >= 11 is 3.43. The van der Waals surface area contributed by atoms with Crippen LogP contribution in [0.25, 0.3) is 0 Å². The molecule has 0 saturated heterocycles. The summed E-state index contributed by atoms with van der Waals surface area (Å²) in [6, 6.07) is 3.04. The molecule has 1 atom stereocenters. The molecule has 0 aliphatic carbocycles. The molecule has 0 aromatic heterocycles. The molecule has 0 spiro atoms. The van der Waals surface area contributed by atoms with Crippen LogP contribution in [-0.4, -0.2) is 24.2 Å². The number of carbonyl (C=O) groups excluding carboxylic acids is 1. The van der Waals surface area contributed by atoms with Crippen molar-refractivity contribution in [3.8, 4) is 11.5 Å². The second-order valence-corrected chi connectivity index (χ2v) is 6.84. The first kappa shape index (κ1) is 14.2. The van der Waals surface area contributed by atoms with Crippen LogP contribution in [0.5, 0.6) is 11.5 Å². The van der Waals surface area contributed by atoms with Crippen LogP contribution in [0, 0.1) is 0 Å². The number of amides is 1. The molecule has 0 fully saturated rings. The van der Waals surface area contributed by atoms with E-state index in [2.05, 4.69) is 31.6 Å². The Hall–Kier alpha value is -1.76. The van der Waals surface area contributed by atoms with E-state index in [1.807, 2.05) is 26.8 Å². The Bertz CT molecular complexity index is 637. The maximum Gasteiger partial charge on any atom is 0.256 e. The third kappa shape index (κ3) is 2.83. The second-order valence-electron chi connectivity index (χ2n) is 5.98. The van der Waals surface area contributed by atoms with E-state index >= 15 is 0 Å². The van der Waals surface area contributed by atoms with Crippen LogP contribution in [0.4, 0.5) is 0 Å². The molecule has 0 bridgehead atoms. The Morgan fingerprint density at radius 1 is 1.38 bits per heavy atom. The first-order valence-electron chi connectivity index (χ1n) is 6.59. The van der Waals surface area contributed by atoms with Crippen LogP contribution in [-0.2, 0) is 4.79 Å². The van der Waals surface area contributed by atoms with Crippen molar-refractivity contribution in [2.75, 3.05) is 6.79 Å². The molecule has 21 heavy (non-hydrogen) atoms. The maximum absolute atomic E-state index is 12.1. The molecule has 7 heteroatoms. The highest BCUT2D eigenvalue weighted by Gasteiger charge is 2.31. The molecule has 0 radical (unpaired) electrons. The van der Waals surface area contributed by atoms with E-state index < -0.39 is 6.04 Å². The summed E-state index contributed by atoms with van der Waals surface area (Å²) in [4.78, 5) is 16.5. The lowest BCUT2D eigenvalue weighted by molar-refractivity contribution is -0.120. The van der Waals surface area contributed by atoms with Gasteiger partial charge in [0.2, 0.25) is 6.79 Å². The quantitative estimate of drug-likeness (QED) is 0.810. The van der Waals surface area contributed by atoms with Crippen LogP contribution in [0.1, 0.15) is 32.4 Å². The minimum absolute atomic E-state index is 0.160. The summed E-state index contributed by atoms with van der Waals surface area (Å²) in [5.41, 5.74) is 0.588. The molecule has 1 aromatic rings. The largest absolute Gasteiger partial charge is 0.454 e. The van der Waals surface area contributed by atoms with Crippen molar-refractivity contribution in [1.29, 1.82) is 0 Å². The van der Waals surface area contributed by atoms with Crippen LogP contribution in [0.15, 0.2) is 21.6 Å². The van der Waals surface area contributed by atoms with Crippen molar-refractivity contribution in [3.05, 3.63) is 22.2 Å². The average molecular weight is 354 g/mol. The van der Waals surface area contributed by atoms with Gasteiger partial charge in [-0.2, -0.15) is 0 Å². The highest BCUT2D eigenvalue weighted by atomic mass is 79.9. The zero-order valence-electron chi connectivity index (χ0n) is 12.0. The number of carbonyl (C=O) groups is 1. The van der Waals surface area contributed by atoms with Gasteiger partial charge in [-0.3, -0.25) is 10.1 Å². The van der Waals surface area contributed by atoms with E-state index in [4.69, 9.17) is 9.47 Å². The first-order valence-corrected chi connectivity index (χ1v) is 7.39. The number of hydrogen-bond donors (Lipinski definition) is 2. The Morgan fingerprint density at radius 2 is 2.14 bits per heavy atom. The predicted octanol–water partition coefficient (Wildman–Crippen LogP) is 2.09. The fourth-order valence-corrected chi connectivity index (χ4v) is 2.77. The fourth-order valence-electron chi connectivity index (χ4n) is 2.19. The van der Waals surface area contributed by atoms with Gasteiger partial charge in [0, 0.05) is 5.54 Å². The summed E-state index contributed by atoms with van der Waals surface area (Å²) < 4.78 is 11.5. The van der Waals surface area contributed by atoms with Crippen molar-refractivity contribution >= 4 is 27.8 Å².